The minimum atomic E-state index is -0.580. The summed E-state index contributed by atoms with van der Waals surface area (Å²) in [5.41, 5.74) is 5.30. The normalized spacial score (nSPS) is 24.1. The number of ether oxygens (including phenoxy) is 1. The van der Waals surface area contributed by atoms with Crippen molar-refractivity contribution >= 4 is 11.9 Å². The van der Waals surface area contributed by atoms with Gasteiger partial charge < -0.3 is 10.1 Å². The lowest BCUT2D eigenvalue weighted by molar-refractivity contribution is -0.149. The van der Waals surface area contributed by atoms with Gasteiger partial charge in [0.2, 0.25) is 5.82 Å². The van der Waals surface area contributed by atoms with Crippen molar-refractivity contribution in [3.63, 3.8) is 0 Å². The van der Waals surface area contributed by atoms with Gasteiger partial charge in [0.05, 0.1) is 0 Å². The molecule has 1 amide bonds. The summed E-state index contributed by atoms with van der Waals surface area (Å²) < 4.78 is 5.22. The lowest BCUT2D eigenvalue weighted by Crippen LogP contribution is -2.53. The predicted octanol–water partition coefficient (Wildman–Crippen LogP) is 4.83. The molecule has 1 N–H and O–H groups in total. The van der Waals surface area contributed by atoms with Crippen molar-refractivity contribution in [2.45, 2.75) is 77.7 Å². The molecule has 1 saturated carbocycles. The van der Waals surface area contributed by atoms with E-state index in [1.165, 1.54) is 27.9 Å². The van der Waals surface area contributed by atoms with Crippen LogP contribution in [0.25, 0.3) is 11.4 Å². The summed E-state index contributed by atoms with van der Waals surface area (Å²) in [6.07, 6.45) is 5.60. The molecule has 2 aliphatic carbocycles. The van der Waals surface area contributed by atoms with Gasteiger partial charge in [-0.05, 0) is 70.3 Å². The number of benzene rings is 2. The molecule has 8 heteroatoms. The van der Waals surface area contributed by atoms with Crippen molar-refractivity contribution in [1.29, 1.82) is 0 Å². The highest BCUT2D eigenvalue weighted by atomic mass is 16.5. The first-order chi connectivity index (χ1) is 18.7. The van der Waals surface area contributed by atoms with Crippen molar-refractivity contribution in [3.05, 3.63) is 65.2 Å². The standard InChI is InChI=1S/C31H39N5O3/c1-21(2)23-11-13-25-24(17-23)12-14-26-30(3,15-8-16-31(25,26)4)20-32-27(37)19-39-28(38)18-36-34-29(33-35-36)22-9-6-5-7-10-22/h5-7,9-11,13,17,21,26H,8,12,14-16,18-20H2,1-4H3,(H,32,37). The van der Waals surface area contributed by atoms with Gasteiger partial charge in [0.15, 0.2) is 13.2 Å². The third-order valence-corrected chi connectivity index (χ3v) is 8.98. The first kappa shape index (κ1) is 27.0. The third-order valence-electron chi connectivity index (χ3n) is 8.98. The Morgan fingerprint density at radius 1 is 1.13 bits per heavy atom. The summed E-state index contributed by atoms with van der Waals surface area (Å²) in [6, 6.07) is 16.5. The number of nitrogens with zero attached hydrogens (tertiary/aromatic N) is 4. The van der Waals surface area contributed by atoms with E-state index in [1.807, 2.05) is 30.3 Å². The van der Waals surface area contributed by atoms with E-state index >= 15 is 0 Å². The molecule has 0 radical (unpaired) electrons. The Labute approximate surface area is 230 Å². The number of carbonyl (C=O) groups excluding carboxylic acids is 2. The molecule has 1 fully saturated rings. The van der Waals surface area contributed by atoms with Crippen LogP contribution in [0.1, 0.15) is 76.0 Å². The Morgan fingerprint density at radius 2 is 1.92 bits per heavy atom. The second kappa shape index (κ2) is 10.9. The maximum absolute atomic E-state index is 12.7. The highest BCUT2D eigenvalue weighted by Gasteiger charge is 2.51. The van der Waals surface area contributed by atoms with Crippen molar-refractivity contribution in [2.75, 3.05) is 13.2 Å². The average Bonchev–Trinajstić information content (AvgIpc) is 3.39. The zero-order valence-corrected chi connectivity index (χ0v) is 23.4. The molecule has 8 nitrogen and oxygen atoms in total. The fourth-order valence-electron chi connectivity index (χ4n) is 6.89. The average molecular weight is 530 g/mol. The van der Waals surface area contributed by atoms with E-state index < -0.39 is 5.97 Å². The lowest BCUT2D eigenvalue weighted by atomic mass is 9.49. The van der Waals surface area contributed by atoms with Gasteiger partial charge >= 0.3 is 5.97 Å². The molecule has 5 rings (SSSR count). The van der Waals surface area contributed by atoms with Gasteiger partial charge in [0.25, 0.3) is 5.91 Å². The number of esters is 1. The minimum Gasteiger partial charge on any atom is -0.454 e. The molecule has 0 saturated heterocycles. The molecule has 0 bridgehead atoms. The fourth-order valence-corrected chi connectivity index (χ4v) is 6.89. The largest absolute Gasteiger partial charge is 0.454 e. The Morgan fingerprint density at radius 3 is 2.69 bits per heavy atom. The van der Waals surface area contributed by atoms with Crippen LogP contribution in [0.15, 0.2) is 48.5 Å². The molecule has 206 valence electrons. The second-order valence-corrected chi connectivity index (χ2v) is 12.0. The summed E-state index contributed by atoms with van der Waals surface area (Å²) >= 11 is 0. The van der Waals surface area contributed by atoms with Crippen LogP contribution in [-0.4, -0.2) is 45.2 Å². The van der Waals surface area contributed by atoms with Gasteiger partial charge in [-0.1, -0.05) is 82.6 Å². The van der Waals surface area contributed by atoms with E-state index in [1.54, 1.807) is 0 Å². The smallest absolute Gasteiger partial charge is 0.330 e. The highest BCUT2D eigenvalue weighted by molar-refractivity contribution is 5.80. The van der Waals surface area contributed by atoms with Crippen molar-refractivity contribution in [3.8, 4) is 11.4 Å². The maximum Gasteiger partial charge on any atom is 0.330 e. The number of amides is 1. The zero-order chi connectivity index (χ0) is 27.6. The number of nitrogens with one attached hydrogen (secondary N) is 1. The molecule has 3 atom stereocenters. The number of hydrogen-bond acceptors (Lipinski definition) is 6. The van der Waals surface area contributed by atoms with Crippen LogP contribution in [0.4, 0.5) is 0 Å². The SMILES string of the molecule is CC(C)c1ccc2c(c1)CCC1C(C)(CNC(=O)COC(=O)Cn3nnc(-c4ccccc4)n3)CCCC21C. The van der Waals surface area contributed by atoms with E-state index in [0.29, 0.717) is 24.2 Å². The van der Waals surface area contributed by atoms with E-state index in [2.05, 4.69) is 66.6 Å². The van der Waals surface area contributed by atoms with Crippen LogP contribution in [0, 0.1) is 11.3 Å². The van der Waals surface area contributed by atoms with E-state index in [0.717, 1.165) is 31.2 Å². The molecule has 3 aromatic rings. The van der Waals surface area contributed by atoms with Crippen LogP contribution in [-0.2, 0) is 32.7 Å². The summed E-state index contributed by atoms with van der Waals surface area (Å²) in [7, 11) is 0. The van der Waals surface area contributed by atoms with E-state index in [9.17, 15) is 9.59 Å². The second-order valence-electron chi connectivity index (χ2n) is 12.0. The van der Waals surface area contributed by atoms with Crippen LogP contribution in [0.3, 0.4) is 0 Å². The molecule has 0 aliphatic heterocycles. The maximum atomic E-state index is 12.7. The van der Waals surface area contributed by atoms with Gasteiger partial charge in [-0.3, -0.25) is 4.79 Å². The first-order valence-corrected chi connectivity index (χ1v) is 14.1. The number of aryl methyl sites for hydroxylation is 1. The van der Waals surface area contributed by atoms with Crippen molar-refractivity contribution < 1.29 is 14.3 Å². The Hall–Kier alpha value is -3.55. The van der Waals surface area contributed by atoms with Gasteiger partial charge in [0.1, 0.15) is 0 Å². The summed E-state index contributed by atoms with van der Waals surface area (Å²) in [5, 5.41) is 15.2. The van der Waals surface area contributed by atoms with E-state index in [-0.39, 0.29) is 29.9 Å². The number of rotatable bonds is 8. The van der Waals surface area contributed by atoms with Crippen molar-refractivity contribution in [2.24, 2.45) is 11.3 Å². The topological polar surface area (TPSA) is 99.0 Å². The number of fused-ring (bicyclic) bond motifs is 3. The molecule has 0 spiro atoms. The number of tetrazole rings is 1. The molecular formula is C31H39N5O3. The van der Waals surface area contributed by atoms with Crippen LogP contribution < -0.4 is 5.32 Å². The molecule has 2 aromatic carbocycles. The Kier molecular flexibility index (Phi) is 7.56. The minimum absolute atomic E-state index is 0.0143. The Bertz CT molecular complexity index is 1340. The molecule has 1 aromatic heterocycles. The fraction of sp³-hybridized carbons (Fsp3) is 0.516. The van der Waals surface area contributed by atoms with Gasteiger partial charge in [-0.2, -0.15) is 4.80 Å². The number of aromatic nitrogens is 4. The first-order valence-electron chi connectivity index (χ1n) is 14.1. The summed E-state index contributed by atoms with van der Waals surface area (Å²) in [4.78, 5) is 26.2. The third kappa shape index (κ3) is 5.60. The molecule has 39 heavy (non-hydrogen) atoms. The van der Waals surface area contributed by atoms with Gasteiger partial charge in [-0.15, -0.1) is 10.2 Å². The summed E-state index contributed by atoms with van der Waals surface area (Å²) in [6.45, 7) is 9.29. The van der Waals surface area contributed by atoms with Gasteiger partial charge in [-0.25, -0.2) is 4.79 Å². The molecule has 3 unspecified atom stereocenters. The monoisotopic (exact) mass is 529 g/mol. The van der Waals surface area contributed by atoms with Crippen LogP contribution >= 0.6 is 0 Å². The Balaban J connectivity index is 1.15. The highest BCUT2D eigenvalue weighted by Crippen LogP contribution is 2.57. The molecule has 1 heterocycles. The van der Waals surface area contributed by atoms with Gasteiger partial charge in [0, 0.05) is 12.1 Å². The van der Waals surface area contributed by atoms with E-state index in [4.69, 9.17) is 4.74 Å². The zero-order valence-electron chi connectivity index (χ0n) is 23.4. The molecule has 2 aliphatic rings. The quantitative estimate of drug-likeness (QED) is 0.420. The number of carbonyl (C=O) groups is 2. The van der Waals surface area contributed by atoms with Crippen LogP contribution in [0.5, 0.6) is 0 Å². The molecular weight excluding hydrogens is 490 g/mol. The van der Waals surface area contributed by atoms with Crippen LogP contribution in [0.2, 0.25) is 0 Å². The summed E-state index contributed by atoms with van der Waals surface area (Å²) in [5.74, 6) is 0.575. The predicted molar refractivity (Wildman–Crippen MR) is 149 cm³/mol. The number of hydrogen-bond donors (Lipinski definition) is 1. The van der Waals surface area contributed by atoms with Crippen molar-refractivity contribution in [1.82, 2.24) is 25.5 Å². The lowest BCUT2D eigenvalue weighted by Gasteiger charge is -2.55.